The van der Waals surface area contributed by atoms with Crippen LogP contribution in [0.5, 0.6) is 0 Å². The number of unbranched alkanes of at least 4 members (excludes halogenated alkanes) is 2. The first-order valence-corrected chi connectivity index (χ1v) is 13.1. The highest BCUT2D eigenvalue weighted by Crippen LogP contribution is 2.35. The molecular formula is C27H32N2O3S2. The first kappa shape index (κ1) is 26.0. The van der Waals surface area contributed by atoms with Crippen molar-refractivity contribution in [1.82, 2.24) is 4.90 Å². The van der Waals surface area contributed by atoms with Gasteiger partial charge in [-0.3, -0.25) is 9.69 Å². The molecule has 1 unspecified atom stereocenters. The molecule has 2 aromatic rings. The fraction of sp³-hybridized carbons (Fsp3) is 0.370. The van der Waals surface area contributed by atoms with E-state index in [2.05, 4.69) is 30.9 Å². The quantitative estimate of drug-likeness (QED) is 0.288. The van der Waals surface area contributed by atoms with Crippen molar-refractivity contribution in [1.29, 1.82) is 0 Å². The van der Waals surface area contributed by atoms with Crippen LogP contribution in [0.4, 0.5) is 5.69 Å². The number of thiocarbonyl (C=S) groups is 1. The Morgan fingerprint density at radius 1 is 1.06 bits per heavy atom. The van der Waals surface area contributed by atoms with Crippen molar-refractivity contribution in [2.75, 3.05) is 18.0 Å². The minimum atomic E-state index is -1.06. The first-order valence-electron chi connectivity index (χ1n) is 11.8. The van der Waals surface area contributed by atoms with Crippen LogP contribution in [0, 0.1) is 0 Å². The van der Waals surface area contributed by atoms with E-state index in [1.54, 1.807) is 6.08 Å². The molecular weight excluding hydrogens is 464 g/mol. The van der Waals surface area contributed by atoms with Gasteiger partial charge in [-0.2, -0.15) is 0 Å². The minimum Gasteiger partial charge on any atom is -0.480 e. The predicted molar refractivity (Wildman–Crippen MR) is 145 cm³/mol. The van der Waals surface area contributed by atoms with E-state index in [0.29, 0.717) is 4.91 Å². The second-order valence-electron chi connectivity index (χ2n) is 8.38. The average molecular weight is 497 g/mol. The van der Waals surface area contributed by atoms with Crippen molar-refractivity contribution in [2.24, 2.45) is 0 Å². The molecule has 1 N–H and O–H groups in total. The molecule has 0 spiro atoms. The zero-order valence-electron chi connectivity index (χ0n) is 19.8. The number of hydrogen-bond acceptors (Lipinski definition) is 5. The number of carboxylic acid groups (broad SMARTS) is 1. The van der Waals surface area contributed by atoms with Crippen LogP contribution in [0.2, 0.25) is 0 Å². The zero-order valence-corrected chi connectivity index (χ0v) is 21.4. The summed E-state index contributed by atoms with van der Waals surface area (Å²) in [7, 11) is 0. The third-order valence-corrected chi connectivity index (χ3v) is 7.14. The lowest BCUT2D eigenvalue weighted by molar-refractivity contribution is -0.145. The Bertz CT molecular complexity index is 1010. The summed E-state index contributed by atoms with van der Waals surface area (Å²) in [6, 6.07) is 16.5. The number of amides is 1. The molecule has 7 heteroatoms. The molecule has 1 aliphatic heterocycles. The highest BCUT2D eigenvalue weighted by atomic mass is 32.2. The second-order valence-corrected chi connectivity index (χ2v) is 10.1. The summed E-state index contributed by atoms with van der Waals surface area (Å²) >= 11 is 6.58. The highest BCUT2D eigenvalue weighted by molar-refractivity contribution is 8.26. The highest BCUT2D eigenvalue weighted by Gasteiger charge is 2.40. The van der Waals surface area contributed by atoms with Gasteiger partial charge in [-0.25, -0.2) is 4.79 Å². The molecule has 0 aliphatic carbocycles. The molecule has 5 nitrogen and oxygen atoms in total. The van der Waals surface area contributed by atoms with Crippen LogP contribution in [0.1, 0.15) is 50.7 Å². The lowest BCUT2D eigenvalue weighted by atomic mass is 10.0. The Balaban J connectivity index is 1.76. The number of benzene rings is 2. The number of aliphatic carboxylic acids is 1. The fourth-order valence-electron chi connectivity index (χ4n) is 3.88. The molecule has 0 radical (unpaired) electrons. The Hall–Kier alpha value is -2.64. The fourth-order valence-corrected chi connectivity index (χ4v) is 5.23. The number of hydrogen-bond donors (Lipinski definition) is 1. The third kappa shape index (κ3) is 6.70. The SMILES string of the molecule is CCCCN(CCCC)c1ccc(/C=C2\SC(=S)N(C(Cc3ccccc3)C(=O)O)C2=O)cc1. The van der Waals surface area contributed by atoms with E-state index in [-0.39, 0.29) is 16.6 Å². The van der Waals surface area contributed by atoms with Crippen molar-refractivity contribution in [3.05, 3.63) is 70.6 Å². The number of nitrogens with zero attached hydrogens (tertiary/aromatic N) is 2. The number of anilines is 1. The van der Waals surface area contributed by atoms with Gasteiger partial charge in [0.2, 0.25) is 0 Å². The summed E-state index contributed by atoms with van der Waals surface area (Å²) in [5.41, 5.74) is 2.92. The van der Waals surface area contributed by atoms with Gasteiger partial charge in [0.05, 0.1) is 4.91 Å². The third-order valence-electron chi connectivity index (χ3n) is 5.81. The Morgan fingerprint density at radius 2 is 1.68 bits per heavy atom. The molecule has 3 rings (SSSR count). The Morgan fingerprint density at radius 3 is 2.24 bits per heavy atom. The maximum atomic E-state index is 13.1. The maximum Gasteiger partial charge on any atom is 0.327 e. The Labute approximate surface area is 211 Å². The van der Waals surface area contributed by atoms with E-state index in [4.69, 9.17) is 12.2 Å². The molecule has 1 amide bonds. The summed E-state index contributed by atoms with van der Waals surface area (Å²) in [5, 5.41) is 9.83. The summed E-state index contributed by atoms with van der Waals surface area (Å²) in [5.74, 6) is -1.42. The van der Waals surface area contributed by atoms with Gasteiger partial charge < -0.3 is 10.0 Å². The van der Waals surface area contributed by atoms with Gasteiger partial charge in [0, 0.05) is 25.2 Å². The number of carbonyl (C=O) groups excluding carboxylic acids is 1. The normalized spacial score (nSPS) is 15.7. The van der Waals surface area contributed by atoms with Crippen LogP contribution in [-0.4, -0.2) is 45.3 Å². The van der Waals surface area contributed by atoms with Crippen molar-refractivity contribution < 1.29 is 14.7 Å². The average Bonchev–Trinajstić information content (AvgIpc) is 3.11. The molecule has 2 aromatic carbocycles. The van der Waals surface area contributed by atoms with Gasteiger partial charge >= 0.3 is 5.97 Å². The summed E-state index contributed by atoms with van der Waals surface area (Å²) in [6.07, 6.45) is 6.63. The molecule has 34 heavy (non-hydrogen) atoms. The van der Waals surface area contributed by atoms with E-state index in [1.165, 1.54) is 10.6 Å². The van der Waals surface area contributed by atoms with Crippen LogP contribution >= 0.6 is 24.0 Å². The molecule has 1 heterocycles. The van der Waals surface area contributed by atoms with Gasteiger partial charge in [0.1, 0.15) is 10.4 Å². The maximum absolute atomic E-state index is 13.1. The summed E-state index contributed by atoms with van der Waals surface area (Å²) in [4.78, 5) is 29.3. The van der Waals surface area contributed by atoms with Crippen molar-refractivity contribution in [3.8, 4) is 0 Å². The van der Waals surface area contributed by atoms with Crippen LogP contribution in [0.3, 0.4) is 0 Å². The molecule has 180 valence electrons. The second kappa shape index (κ2) is 12.7. The molecule has 1 fully saturated rings. The summed E-state index contributed by atoms with van der Waals surface area (Å²) in [6.45, 7) is 6.47. The molecule has 1 aliphatic rings. The lowest BCUT2D eigenvalue weighted by Crippen LogP contribution is -2.45. The van der Waals surface area contributed by atoms with Crippen molar-refractivity contribution in [3.63, 3.8) is 0 Å². The van der Waals surface area contributed by atoms with E-state index < -0.39 is 12.0 Å². The largest absolute Gasteiger partial charge is 0.480 e. The number of thioether (sulfide) groups is 1. The molecule has 0 aromatic heterocycles. The predicted octanol–water partition coefficient (Wildman–Crippen LogP) is 5.99. The van der Waals surface area contributed by atoms with Gasteiger partial charge in [-0.15, -0.1) is 0 Å². The summed E-state index contributed by atoms with van der Waals surface area (Å²) < 4.78 is 0.279. The Kier molecular flexibility index (Phi) is 9.72. The van der Waals surface area contributed by atoms with Crippen LogP contribution in [-0.2, 0) is 16.0 Å². The van der Waals surface area contributed by atoms with Crippen molar-refractivity contribution in [2.45, 2.75) is 52.0 Å². The topological polar surface area (TPSA) is 60.9 Å². The molecule has 1 atom stereocenters. The molecule has 0 saturated carbocycles. The number of carboxylic acids is 1. The van der Waals surface area contributed by atoms with E-state index >= 15 is 0 Å². The molecule has 1 saturated heterocycles. The lowest BCUT2D eigenvalue weighted by Gasteiger charge is -2.24. The monoisotopic (exact) mass is 496 g/mol. The van der Waals surface area contributed by atoms with Gasteiger partial charge in [0.25, 0.3) is 5.91 Å². The van der Waals surface area contributed by atoms with E-state index in [0.717, 1.165) is 61.7 Å². The standard InChI is InChI=1S/C27H32N2O3S2/c1-3-5-16-28(17-6-4-2)22-14-12-21(13-15-22)19-24-25(30)29(27(33)34-24)23(26(31)32)18-20-10-8-7-9-11-20/h7-15,19,23H,3-6,16-18H2,1-2H3,(H,31,32)/b24-19-. The smallest absolute Gasteiger partial charge is 0.327 e. The molecule has 0 bridgehead atoms. The van der Waals surface area contributed by atoms with Crippen LogP contribution < -0.4 is 4.90 Å². The van der Waals surface area contributed by atoms with E-state index in [9.17, 15) is 14.7 Å². The van der Waals surface area contributed by atoms with Crippen LogP contribution in [0.25, 0.3) is 6.08 Å². The van der Waals surface area contributed by atoms with E-state index in [1.807, 2.05) is 42.5 Å². The number of rotatable bonds is 12. The van der Waals surface area contributed by atoms with Crippen LogP contribution in [0.15, 0.2) is 59.5 Å². The van der Waals surface area contributed by atoms with Crippen molar-refractivity contribution >= 4 is 51.9 Å². The minimum absolute atomic E-state index is 0.204. The van der Waals surface area contributed by atoms with Gasteiger partial charge in [0.15, 0.2) is 0 Å². The zero-order chi connectivity index (χ0) is 24.5. The number of carbonyl (C=O) groups is 2. The van der Waals surface area contributed by atoms with Gasteiger partial charge in [-0.05, 0) is 42.2 Å². The van der Waals surface area contributed by atoms with Gasteiger partial charge in [-0.1, -0.05) is 93.1 Å². The first-order chi connectivity index (χ1) is 16.4.